The molecule has 1 aliphatic heterocycles. The van der Waals surface area contributed by atoms with E-state index in [-0.39, 0.29) is 17.9 Å². The van der Waals surface area contributed by atoms with Crippen molar-refractivity contribution < 1.29 is 33.5 Å². The molecule has 1 saturated heterocycles. The van der Waals surface area contributed by atoms with Crippen LogP contribution < -0.4 is 10.1 Å². The van der Waals surface area contributed by atoms with Gasteiger partial charge in [-0.25, -0.2) is 13.3 Å². The van der Waals surface area contributed by atoms with Crippen LogP contribution in [0, 0.1) is 12.8 Å². The number of rotatable bonds is 6. The molecule has 2 unspecified atom stereocenters. The monoisotopic (exact) mass is 446 g/mol. The van der Waals surface area contributed by atoms with Gasteiger partial charge in [-0.3, -0.25) is 9.59 Å². The molecule has 31 heavy (non-hydrogen) atoms. The van der Waals surface area contributed by atoms with E-state index >= 15 is 0 Å². The molecule has 10 heteroatoms. The lowest BCUT2D eigenvalue weighted by atomic mass is 9.96. The summed E-state index contributed by atoms with van der Waals surface area (Å²) >= 11 is 0. The fraction of sp³-hybridized carbons (Fsp3) is 0.286. The normalized spacial score (nSPS) is 17.6. The molecule has 1 fully saturated rings. The Kier molecular flexibility index (Phi) is 6.59. The van der Waals surface area contributed by atoms with Crippen LogP contribution in [-0.4, -0.2) is 56.7 Å². The summed E-state index contributed by atoms with van der Waals surface area (Å²) in [4.78, 5) is 36.7. The molecule has 0 bridgehead atoms. The second kappa shape index (κ2) is 9.17. The molecule has 1 aliphatic rings. The number of amides is 2. The van der Waals surface area contributed by atoms with Gasteiger partial charge < -0.3 is 20.3 Å². The lowest BCUT2D eigenvalue weighted by Gasteiger charge is -2.23. The molecule has 2 aromatic carbocycles. The zero-order valence-electron chi connectivity index (χ0n) is 17.0. The average molecular weight is 446 g/mol. The number of benzene rings is 2. The van der Waals surface area contributed by atoms with Crippen LogP contribution >= 0.6 is 0 Å². The van der Waals surface area contributed by atoms with Gasteiger partial charge in [0.05, 0.1) is 17.9 Å². The van der Waals surface area contributed by atoms with Crippen molar-refractivity contribution in [1.82, 2.24) is 9.62 Å². The number of hydrogen-bond donors (Lipinski definition) is 3. The molecule has 0 aliphatic carbocycles. The predicted octanol–water partition coefficient (Wildman–Crippen LogP) is 1.25. The standard InChI is InChI=1S/C21H22N2O7S/c1-12-3-6-18(30-2)13(7-12)8-14-10-22-19(25)11-23(20(14)26)31(29)15-4-5-17(24)16(9-15)21(27)28/h3-7,9,14,24H,8,10-11H2,1-2H3,(H,22,25)(H,27,28). The summed E-state index contributed by atoms with van der Waals surface area (Å²) in [7, 11) is -0.615. The Morgan fingerprint density at radius 2 is 2.00 bits per heavy atom. The maximum absolute atomic E-state index is 13.2. The number of carboxylic acid groups (broad SMARTS) is 1. The number of phenols is 1. The number of carbonyl (C=O) groups is 3. The third kappa shape index (κ3) is 4.85. The third-order valence-electron chi connectivity index (χ3n) is 4.93. The summed E-state index contributed by atoms with van der Waals surface area (Å²) in [5, 5.41) is 21.5. The molecular formula is C21H22N2O7S. The molecule has 3 N–H and O–H groups in total. The minimum atomic E-state index is -2.14. The highest BCUT2D eigenvalue weighted by Gasteiger charge is 2.34. The first-order valence-electron chi connectivity index (χ1n) is 9.41. The average Bonchev–Trinajstić information content (AvgIpc) is 2.87. The predicted molar refractivity (Wildman–Crippen MR) is 111 cm³/mol. The molecule has 0 aromatic heterocycles. The molecule has 2 aromatic rings. The van der Waals surface area contributed by atoms with Crippen molar-refractivity contribution in [2.45, 2.75) is 18.2 Å². The number of carboxylic acids is 1. The summed E-state index contributed by atoms with van der Waals surface area (Å²) in [5.41, 5.74) is 1.31. The molecular weight excluding hydrogens is 424 g/mol. The van der Waals surface area contributed by atoms with Gasteiger partial charge in [0.1, 0.15) is 23.6 Å². The number of hydrogen-bond acceptors (Lipinski definition) is 6. The van der Waals surface area contributed by atoms with Gasteiger partial charge in [-0.1, -0.05) is 17.7 Å². The van der Waals surface area contributed by atoms with E-state index in [2.05, 4.69) is 5.32 Å². The van der Waals surface area contributed by atoms with Gasteiger partial charge in [0.25, 0.3) is 0 Å². The Hall–Kier alpha value is -3.40. The molecule has 2 amide bonds. The highest BCUT2D eigenvalue weighted by molar-refractivity contribution is 7.83. The smallest absolute Gasteiger partial charge is 0.339 e. The van der Waals surface area contributed by atoms with Crippen LogP contribution in [0.15, 0.2) is 41.3 Å². The van der Waals surface area contributed by atoms with Gasteiger partial charge in [-0.05, 0) is 43.2 Å². The molecule has 9 nitrogen and oxygen atoms in total. The van der Waals surface area contributed by atoms with Crippen molar-refractivity contribution in [3.63, 3.8) is 0 Å². The number of ether oxygens (including phenoxy) is 1. The van der Waals surface area contributed by atoms with Crippen molar-refractivity contribution >= 4 is 28.8 Å². The number of aryl methyl sites for hydroxylation is 1. The summed E-state index contributed by atoms with van der Waals surface area (Å²) < 4.78 is 19.4. The van der Waals surface area contributed by atoms with Crippen molar-refractivity contribution in [2.75, 3.05) is 20.2 Å². The van der Waals surface area contributed by atoms with E-state index in [0.29, 0.717) is 5.75 Å². The van der Waals surface area contributed by atoms with Gasteiger partial charge in [-0.2, -0.15) is 0 Å². The maximum atomic E-state index is 13.2. The third-order valence-corrected chi connectivity index (χ3v) is 6.30. The van der Waals surface area contributed by atoms with E-state index in [1.165, 1.54) is 13.2 Å². The SMILES string of the molecule is COc1ccc(C)cc1CC1CNC(=O)CN(S(=O)c2ccc(O)c(C(=O)O)c2)C1=O. The van der Waals surface area contributed by atoms with Crippen LogP contribution in [0.3, 0.4) is 0 Å². The van der Waals surface area contributed by atoms with E-state index in [4.69, 9.17) is 4.74 Å². The van der Waals surface area contributed by atoms with Crippen LogP contribution in [0.25, 0.3) is 0 Å². The Bertz CT molecular complexity index is 1070. The number of methoxy groups -OCH3 is 1. The van der Waals surface area contributed by atoms with Crippen LogP contribution in [0.4, 0.5) is 0 Å². The Morgan fingerprint density at radius 3 is 2.68 bits per heavy atom. The maximum Gasteiger partial charge on any atom is 0.339 e. The lowest BCUT2D eigenvalue weighted by molar-refractivity contribution is -0.131. The van der Waals surface area contributed by atoms with E-state index in [0.717, 1.165) is 27.6 Å². The Morgan fingerprint density at radius 1 is 1.26 bits per heavy atom. The zero-order chi connectivity index (χ0) is 22.7. The largest absolute Gasteiger partial charge is 0.507 e. The fourth-order valence-electron chi connectivity index (χ4n) is 3.35. The topological polar surface area (TPSA) is 133 Å². The van der Waals surface area contributed by atoms with Gasteiger partial charge >= 0.3 is 5.97 Å². The van der Waals surface area contributed by atoms with E-state index in [9.17, 15) is 28.8 Å². The summed E-state index contributed by atoms with van der Waals surface area (Å²) in [6, 6.07) is 8.94. The number of nitrogens with zero attached hydrogens (tertiary/aromatic N) is 1. The van der Waals surface area contributed by atoms with Crippen molar-refractivity contribution in [3.05, 3.63) is 53.1 Å². The molecule has 3 rings (SSSR count). The minimum Gasteiger partial charge on any atom is -0.507 e. The highest BCUT2D eigenvalue weighted by atomic mass is 32.2. The van der Waals surface area contributed by atoms with Crippen LogP contribution in [0.2, 0.25) is 0 Å². The molecule has 0 saturated carbocycles. The minimum absolute atomic E-state index is 0.00913. The van der Waals surface area contributed by atoms with Crippen molar-refractivity contribution in [3.8, 4) is 11.5 Å². The summed E-state index contributed by atoms with van der Waals surface area (Å²) in [6.45, 7) is 1.54. The molecule has 1 heterocycles. The molecule has 0 spiro atoms. The van der Waals surface area contributed by atoms with Crippen molar-refractivity contribution in [2.24, 2.45) is 5.92 Å². The second-order valence-corrected chi connectivity index (χ2v) is 8.54. The first-order chi connectivity index (χ1) is 14.7. The fourth-order valence-corrected chi connectivity index (χ4v) is 4.55. The number of carbonyl (C=O) groups excluding carboxylic acids is 2. The van der Waals surface area contributed by atoms with E-state index in [1.807, 2.05) is 19.1 Å². The van der Waals surface area contributed by atoms with Crippen LogP contribution in [0.5, 0.6) is 11.5 Å². The van der Waals surface area contributed by atoms with Crippen LogP contribution in [-0.2, 0) is 27.0 Å². The first kappa shape index (κ1) is 22.3. The van der Waals surface area contributed by atoms with Crippen molar-refractivity contribution in [1.29, 1.82) is 0 Å². The quantitative estimate of drug-likeness (QED) is 0.608. The van der Waals surface area contributed by atoms with Gasteiger partial charge in [-0.15, -0.1) is 0 Å². The van der Waals surface area contributed by atoms with Crippen LogP contribution in [0.1, 0.15) is 21.5 Å². The number of aromatic hydroxyl groups is 1. The first-order valence-corrected chi connectivity index (χ1v) is 10.5. The van der Waals surface area contributed by atoms with E-state index in [1.54, 1.807) is 6.07 Å². The summed E-state index contributed by atoms with van der Waals surface area (Å²) in [6.07, 6.45) is 0.258. The zero-order valence-corrected chi connectivity index (χ0v) is 17.8. The highest BCUT2D eigenvalue weighted by Crippen LogP contribution is 2.26. The number of nitrogens with one attached hydrogen (secondary N) is 1. The van der Waals surface area contributed by atoms with E-state index < -0.39 is 52.5 Å². The Balaban J connectivity index is 1.92. The Labute approximate surface area is 181 Å². The lowest BCUT2D eigenvalue weighted by Crippen LogP contribution is -2.39. The van der Waals surface area contributed by atoms with Gasteiger partial charge in [0.15, 0.2) is 11.0 Å². The second-order valence-electron chi connectivity index (χ2n) is 7.13. The summed E-state index contributed by atoms with van der Waals surface area (Å²) in [5.74, 6) is -2.96. The number of aromatic carboxylic acids is 1. The molecule has 164 valence electrons. The van der Waals surface area contributed by atoms with Gasteiger partial charge in [0.2, 0.25) is 11.8 Å². The van der Waals surface area contributed by atoms with Gasteiger partial charge in [0, 0.05) is 6.54 Å². The molecule has 2 atom stereocenters. The molecule has 0 radical (unpaired) electrons.